The van der Waals surface area contributed by atoms with Crippen molar-refractivity contribution in [3.05, 3.63) is 63.2 Å². The second-order valence-electron chi connectivity index (χ2n) is 6.28. The maximum absolute atomic E-state index is 12.3. The van der Waals surface area contributed by atoms with Crippen LogP contribution in [0.25, 0.3) is 0 Å². The van der Waals surface area contributed by atoms with E-state index in [9.17, 15) is 14.4 Å². The Kier molecular flexibility index (Phi) is 7.78. The maximum Gasteiger partial charge on any atom is 0.338 e. The summed E-state index contributed by atoms with van der Waals surface area (Å²) in [6, 6.07) is 13.5. The molecule has 2 rings (SSSR count). The van der Waals surface area contributed by atoms with Crippen LogP contribution in [-0.2, 0) is 9.53 Å². The highest BCUT2D eigenvalue weighted by Crippen LogP contribution is 2.15. The molecule has 0 saturated carbocycles. The Bertz CT molecular complexity index is 819. The fourth-order valence-corrected chi connectivity index (χ4v) is 2.53. The zero-order valence-corrected chi connectivity index (χ0v) is 17.3. The van der Waals surface area contributed by atoms with Gasteiger partial charge >= 0.3 is 5.97 Å². The molecule has 0 aliphatic heterocycles. The molecular weight excluding hydrogens is 459 g/mol. The Morgan fingerprint density at radius 3 is 2.37 bits per heavy atom. The number of nitrogens with one attached hydrogen (secondary N) is 2. The van der Waals surface area contributed by atoms with E-state index in [-0.39, 0.29) is 5.91 Å². The molecule has 2 aromatic rings. The molecule has 2 amide bonds. The number of carbonyl (C=O) groups is 3. The zero-order chi connectivity index (χ0) is 19.8. The van der Waals surface area contributed by atoms with Gasteiger partial charge in [-0.05, 0) is 64.9 Å². The van der Waals surface area contributed by atoms with Gasteiger partial charge in [-0.3, -0.25) is 9.59 Å². The minimum absolute atomic E-state index is 0.268. The monoisotopic (exact) mass is 480 g/mol. The molecule has 0 aliphatic rings. The van der Waals surface area contributed by atoms with E-state index >= 15 is 0 Å². The lowest BCUT2D eigenvalue weighted by molar-refractivity contribution is -0.119. The van der Waals surface area contributed by atoms with Gasteiger partial charge in [-0.2, -0.15) is 0 Å². The molecule has 0 unspecified atom stereocenters. The predicted octanol–water partition coefficient (Wildman–Crippen LogP) is 3.47. The maximum atomic E-state index is 12.3. The molecule has 0 bridgehead atoms. The highest BCUT2D eigenvalue weighted by Gasteiger charge is 2.15. The Morgan fingerprint density at radius 1 is 1.04 bits per heavy atom. The predicted molar refractivity (Wildman–Crippen MR) is 112 cm³/mol. The molecule has 6 nitrogen and oxygen atoms in total. The van der Waals surface area contributed by atoms with Crippen molar-refractivity contribution in [2.75, 3.05) is 18.5 Å². The van der Waals surface area contributed by atoms with E-state index in [1.807, 2.05) is 13.8 Å². The van der Waals surface area contributed by atoms with Gasteiger partial charge in [0, 0.05) is 10.1 Å². The van der Waals surface area contributed by atoms with Crippen LogP contribution < -0.4 is 10.6 Å². The number of hydrogen-bond donors (Lipinski definition) is 2. The quantitative estimate of drug-likeness (QED) is 0.470. The number of halogens is 1. The third-order valence-electron chi connectivity index (χ3n) is 3.53. The van der Waals surface area contributed by atoms with Gasteiger partial charge in [-0.25, -0.2) is 4.79 Å². The first kappa shape index (κ1) is 20.9. The van der Waals surface area contributed by atoms with Crippen LogP contribution in [0.2, 0.25) is 0 Å². The van der Waals surface area contributed by atoms with E-state index in [2.05, 4.69) is 33.2 Å². The summed E-state index contributed by atoms with van der Waals surface area (Å²) >= 11 is 2.13. The second-order valence-corrected chi connectivity index (χ2v) is 7.53. The van der Waals surface area contributed by atoms with Crippen LogP contribution in [0, 0.1) is 9.49 Å². The smallest absolute Gasteiger partial charge is 0.338 e. The highest BCUT2D eigenvalue weighted by molar-refractivity contribution is 14.1. The third-order valence-corrected chi connectivity index (χ3v) is 4.25. The molecule has 142 valence electrons. The highest BCUT2D eigenvalue weighted by atomic mass is 127. The van der Waals surface area contributed by atoms with E-state index in [4.69, 9.17) is 4.74 Å². The lowest BCUT2D eigenvalue weighted by atomic mass is 10.1. The zero-order valence-electron chi connectivity index (χ0n) is 15.1. The lowest BCUT2D eigenvalue weighted by Crippen LogP contribution is -2.29. The van der Waals surface area contributed by atoms with E-state index < -0.39 is 18.5 Å². The average Bonchev–Trinajstić information content (AvgIpc) is 2.65. The molecule has 0 spiro atoms. The molecule has 0 heterocycles. The minimum Gasteiger partial charge on any atom is -0.452 e. The summed E-state index contributed by atoms with van der Waals surface area (Å²) in [5, 5.41) is 5.43. The Morgan fingerprint density at radius 2 is 1.70 bits per heavy atom. The van der Waals surface area contributed by atoms with Gasteiger partial charge < -0.3 is 15.4 Å². The fourth-order valence-electron chi connectivity index (χ4n) is 2.17. The summed E-state index contributed by atoms with van der Waals surface area (Å²) < 4.78 is 6.02. The Balaban J connectivity index is 1.94. The standard InChI is InChI=1S/C20H21IN2O4/c1-13(2)11-22-19(25)16-5-3-4-6-17(16)23-18(24)12-27-20(26)14-7-9-15(21)10-8-14/h3-10,13H,11-12H2,1-2H3,(H,22,25)(H,23,24). The molecule has 27 heavy (non-hydrogen) atoms. The SMILES string of the molecule is CC(C)CNC(=O)c1ccccc1NC(=O)COC(=O)c1ccc(I)cc1. The number of benzene rings is 2. The van der Waals surface area contributed by atoms with Crippen LogP contribution >= 0.6 is 22.6 Å². The van der Waals surface area contributed by atoms with Crippen LogP contribution in [0.3, 0.4) is 0 Å². The van der Waals surface area contributed by atoms with Crippen molar-refractivity contribution in [3.8, 4) is 0 Å². The van der Waals surface area contributed by atoms with Crippen LogP contribution in [0.1, 0.15) is 34.6 Å². The number of esters is 1. The van der Waals surface area contributed by atoms with E-state index in [1.165, 1.54) is 0 Å². The topological polar surface area (TPSA) is 84.5 Å². The van der Waals surface area contributed by atoms with Gasteiger partial charge in [0.1, 0.15) is 0 Å². The molecular formula is C20H21IN2O4. The van der Waals surface area contributed by atoms with Gasteiger partial charge in [0.15, 0.2) is 6.61 Å². The normalized spacial score (nSPS) is 10.4. The fraction of sp³-hybridized carbons (Fsp3) is 0.250. The van der Waals surface area contributed by atoms with E-state index in [0.717, 1.165) is 3.57 Å². The summed E-state index contributed by atoms with van der Waals surface area (Å²) in [6.07, 6.45) is 0. The van der Waals surface area contributed by atoms with Crippen molar-refractivity contribution in [1.29, 1.82) is 0 Å². The van der Waals surface area contributed by atoms with Gasteiger partial charge in [0.25, 0.3) is 11.8 Å². The van der Waals surface area contributed by atoms with E-state index in [0.29, 0.717) is 29.3 Å². The van der Waals surface area contributed by atoms with Crippen LogP contribution in [-0.4, -0.2) is 30.9 Å². The van der Waals surface area contributed by atoms with Crippen molar-refractivity contribution in [2.24, 2.45) is 5.92 Å². The first-order valence-corrected chi connectivity index (χ1v) is 9.54. The van der Waals surface area contributed by atoms with Crippen molar-refractivity contribution in [2.45, 2.75) is 13.8 Å². The van der Waals surface area contributed by atoms with Gasteiger partial charge in [-0.15, -0.1) is 0 Å². The van der Waals surface area contributed by atoms with Crippen molar-refractivity contribution in [1.82, 2.24) is 5.32 Å². The summed E-state index contributed by atoms with van der Waals surface area (Å²) in [6.45, 7) is 4.09. The molecule has 0 aromatic heterocycles. The first-order valence-electron chi connectivity index (χ1n) is 8.46. The average molecular weight is 480 g/mol. The number of amides is 2. The molecule has 0 radical (unpaired) electrons. The summed E-state index contributed by atoms with van der Waals surface area (Å²) in [4.78, 5) is 36.4. The number of rotatable bonds is 7. The van der Waals surface area contributed by atoms with Crippen molar-refractivity contribution in [3.63, 3.8) is 0 Å². The number of anilines is 1. The molecule has 0 fully saturated rings. The van der Waals surface area contributed by atoms with Crippen LogP contribution in [0.15, 0.2) is 48.5 Å². The number of hydrogen-bond acceptors (Lipinski definition) is 4. The second kappa shape index (κ2) is 10.1. The van der Waals surface area contributed by atoms with Crippen molar-refractivity contribution < 1.29 is 19.1 Å². The van der Waals surface area contributed by atoms with E-state index in [1.54, 1.807) is 48.5 Å². The largest absolute Gasteiger partial charge is 0.452 e. The van der Waals surface area contributed by atoms with Crippen LogP contribution in [0.5, 0.6) is 0 Å². The first-order chi connectivity index (χ1) is 12.9. The van der Waals surface area contributed by atoms with Gasteiger partial charge in [0.2, 0.25) is 0 Å². The minimum atomic E-state index is -0.579. The number of carbonyl (C=O) groups excluding carboxylic acids is 3. The third kappa shape index (κ3) is 6.67. The number of para-hydroxylation sites is 1. The molecule has 0 atom stereocenters. The molecule has 2 N–H and O–H groups in total. The molecule has 0 aliphatic carbocycles. The Labute approximate surface area is 171 Å². The molecule has 7 heteroatoms. The number of ether oxygens (including phenoxy) is 1. The lowest BCUT2D eigenvalue weighted by Gasteiger charge is -2.12. The summed E-state index contributed by atoms with van der Waals surface area (Å²) in [5.74, 6) is -1.05. The van der Waals surface area contributed by atoms with Crippen molar-refractivity contribution >= 4 is 46.1 Å². The van der Waals surface area contributed by atoms with Gasteiger partial charge in [0.05, 0.1) is 16.8 Å². The molecule has 2 aromatic carbocycles. The summed E-state index contributed by atoms with van der Waals surface area (Å²) in [7, 11) is 0. The van der Waals surface area contributed by atoms with Gasteiger partial charge in [-0.1, -0.05) is 26.0 Å². The summed E-state index contributed by atoms with van der Waals surface area (Å²) in [5.41, 5.74) is 1.10. The molecule has 0 saturated heterocycles. The Hall–Kier alpha value is -2.42. The van der Waals surface area contributed by atoms with Crippen LogP contribution in [0.4, 0.5) is 5.69 Å².